The van der Waals surface area contributed by atoms with Crippen LogP contribution in [0, 0.1) is 0 Å². The summed E-state index contributed by atoms with van der Waals surface area (Å²) in [7, 11) is 0. The molecule has 1 aliphatic heterocycles. The lowest BCUT2D eigenvalue weighted by Crippen LogP contribution is -2.28. The molecule has 0 atom stereocenters. The van der Waals surface area contributed by atoms with Crippen LogP contribution in [0.3, 0.4) is 0 Å². The Hall–Kier alpha value is -3.19. The molecular formula is C15H12N4O3. The van der Waals surface area contributed by atoms with Gasteiger partial charge in [-0.1, -0.05) is 35.9 Å². The molecule has 1 amide bonds. The van der Waals surface area contributed by atoms with Crippen LogP contribution >= 0.6 is 0 Å². The largest absolute Gasteiger partial charge is 0.479 e. The summed E-state index contributed by atoms with van der Waals surface area (Å²) in [6, 6.07) is 15.8. The lowest BCUT2D eigenvalue weighted by Gasteiger charge is -2.15. The van der Waals surface area contributed by atoms with Crippen LogP contribution in [0.2, 0.25) is 0 Å². The predicted molar refractivity (Wildman–Crippen MR) is 79.1 cm³/mol. The molecule has 2 aromatic rings. The smallest absolute Gasteiger partial charge is 0.317 e. The monoisotopic (exact) mass is 296 g/mol. The lowest BCUT2D eigenvalue weighted by molar-refractivity contribution is 0.0458. The predicted octanol–water partition coefficient (Wildman–Crippen LogP) is 3.22. The van der Waals surface area contributed by atoms with Crippen molar-refractivity contribution in [2.75, 3.05) is 5.01 Å². The van der Waals surface area contributed by atoms with Crippen LogP contribution in [-0.4, -0.2) is 11.0 Å². The second-order valence-electron chi connectivity index (χ2n) is 4.39. The second-order valence-corrected chi connectivity index (χ2v) is 4.39. The standard InChI is InChI=1S/C15H12N4O3/c20-14-10-19(18-22-14)13-9-5-4-8-12(13)15(21)17-16-11-6-2-1-3-7-11/h1-10,18,20H. The molecule has 0 spiro atoms. The number of hydrazine groups is 1. The molecule has 0 aliphatic carbocycles. The van der Waals surface area contributed by atoms with Crippen LogP contribution in [0.5, 0.6) is 0 Å². The minimum absolute atomic E-state index is 0.298. The molecule has 7 heteroatoms. The van der Waals surface area contributed by atoms with Crippen LogP contribution in [0.1, 0.15) is 10.4 Å². The summed E-state index contributed by atoms with van der Waals surface area (Å²) < 4.78 is 0. The van der Waals surface area contributed by atoms with E-state index in [0.29, 0.717) is 16.9 Å². The number of nitrogens with zero attached hydrogens (tertiary/aromatic N) is 3. The minimum atomic E-state index is -0.499. The summed E-state index contributed by atoms with van der Waals surface area (Å²) in [5.74, 6) is -0.797. The Balaban J connectivity index is 1.85. The van der Waals surface area contributed by atoms with E-state index in [0.717, 1.165) is 0 Å². The number of nitrogens with one attached hydrogen (secondary N) is 1. The minimum Gasteiger partial charge on any atom is -0.479 e. The molecule has 110 valence electrons. The summed E-state index contributed by atoms with van der Waals surface area (Å²) in [4.78, 5) is 16.9. The van der Waals surface area contributed by atoms with Crippen LogP contribution in [0.15, 0.2) is 77.0 Å². The Morgan fingerprint density at radius 2 is 1.82 bits per heavy atom. The van der Waals surface area contributed by atoms with E-state index in [1.54, 1.807) is 36.4 Å². The highest BCUT2D eigenvalue weighted by Gasteiger charge is 2.20. The van der Waals surface area contributed by atoms with Gasteiger partial charge in [0, 0.05) is 0 Å². The van der Waals surface area contributed by atoms with Gasteiger partial charge in [-0.15, -0.1) is 10.2 Å². The number of hydrogen-bond donors (Lipinski definition) is 2. The van der Waals surface area contributed by atoms with Crippen molar-refractivity contribution < 1.29 is 14.7 Å². The summed E-state index contributed by atoms with van der Waals surface area (Å²) in [5, 5.41) is 18.3. The van der Waals surface area contributed by atoms with Gasteiger partial charge in [-0.25, -0.2) is 5.01 Å². The van der Waals surface area contributed by atoms with Crippen molar-refractivity contribution in [3.05, 3.63) is 72.3 Å². The highest BCUT2D eigenvalue weighted by atomic mass is 16.8. The van der Waals surface area contributed by atoms with Crippen molar-refractivity contribution in [2.45, 2.75) is 0 Å². The molecule has 0 fully saturated rings. The fraction of sp³-hybridized carbons (Fsp3) is 0. The number of azo groups is 1. The van der Waals surface area contributed by atoms with E-state index in [-0.39, 0.29) is 5.95 Å². The van der Waals surface area contributed by atoms with E-state index < -0.39 is 5.91 Å². The molecule has 3 rings (SSSR count). The van der Waals surface area contributed by atoms with Crippen LogP contribution in [-0.2, 0) is 4.84 Å². The summed E-state index contributed by atoms with van der Waals surface area (Å²) in [6.45, 7) is 0. The van der Waals surface area contributed by atoms with Gasteiger partial charge in [0.15, 0.2) is 0 Å². The third kappa shape index (κ3) is 2.94. The fourth-order valence-electron chi connectivity index (χ4n) is 1.89. The first-order chi connectivity index (χ1) is 10.7. The van der Waals surface area contributed by atoms with E-state index >= 15 is 0 Å². The first kappa shape index (κ1) is 13.8. The Labute approximate surface area is 126 Å². The third-order valence-electron chi connectivity index (χ3n) is 2.89. The van der Waals surface area contributed by atoms with Crippen molar-refractivity contribution in [1.29, 1.82) is 0 Å². The summed E-state index contributed by atoms with van der Waals surface area (Å²) in [6.07, 6.45) is 1.31. The molecule has 0 bridgehead atoms. The molecule has 0 saturated carbocycles. The number of amides is 1. The maximum atomic E-state index is 12.2. The third-order valence-corrected chi connectivity index (χ3v) is 2.89. The Morgan fingerprint density at radius 1 is 1.09 bits per heavy atom. The number of rotatable bonds is 3. The van der Waals surface area contributed by atoms with Crippen molar-refractivity contribution in [3.63, 3.8) is 0 Å². The number of para-hydroxylation sites is 1. The SMILES string of the molecule is O=C(N=Nc1ccccc1)c1ccccc1N1C=C(O)ON1. The first-order valence-corrected chi connectivity index (χ1v) is 6.47. The number of anilines is 1. The van der Waals surface area contributed by atoms with Gasteiger partial charge >= 0.3 is 5.95 Å². The Bertz CT molecular complexity index is 743. The molecule has 0 saturated heterocycles. The maximum Gasteiger partial charge on any atom is 0.317 e. The number of benzene rings is 2. The highest BCUT2D eigenvalue weighted by Crippen LogP contribution is 2.23. The molecular weight excluding hydrogens is 284 g/mol. The molecule has 0 aromatic heterocycles. The zero-order chi connectivity index (χ0) is 15.4. The normalized spacial score (nSPS) is 14.0. The van der Waals surface area contributed by atoms with Gasteiger partial charge in [-0.05, 0) is 24.3 Å². The topological polar surface area (TPSA) is 86.5 Å². The van der Waals surface area contributed by atoms with E-state index in [2.05, 4.69) is 15.8 Å². The van der Waals surface area contributed by atoms with Gasteiger partial charge < -0.3 is 9.94 Å². The van der Waals surface area contributed by atoms with Crippen molar-refractivity contribution >= 4 is 17.3 Å². The van der Waals surface area contributed by atoms with Crippen LogP contribution < -0.4 is 10.6 Å². The molecule has 2 aromatic carbocycles. The number of carbonyl (C=O) groups is 1. The van der Waals surface area contributed by atoms with Gasteiger partial charge in [0.2, 0.25) is 0 Å². The van der Waals surface area contributed by atoms with Crippen LogP contribution in [0.25, 0.3) is 0 Å². The zero-order valence-corrected chi connectivity index (χ0v) is 11.4. The molecule has 7 nitrogen and oxygen atoms in total. The maximum absolute atomic E-state index is 12.2. The summed E-state index contributed by atoms with van der Waals surface area (Å²) in [5.41, 5.74) is 3.86. The van der Waals surface area contributed by atoms with E-state index in [1.165, 1.54) is 11.2 Å². The lowest BCUT2D eigenvalue weighted by atomic mass is 10.1. The van der Waals surface area contributed by atoms with Crippen molar-refractivity contribution in [1.82, 2.24) is 5.59 Å². The highest BCUT2D eigenvalue weighted by molar-refractivity contribution is 6.00. The average Bonchev–Trinajstić information content (AvgIpc) is 3.00. The molecule has 2 N–H and O–H groups in total. The Kier molecular flexibility index (Phi) is 3.80. The van der Waals surface area contributed by atoms with Gasteiger partial charge in [0.1, 0.15) is 6.20 Å². The van der Waals surface area contributed by atoms with E-state index in [1.807, 2.05) is 18.2 Å². The van der Waals surface area contributed by atoms with Crippen molar-refractivity contribution in [2.24, 2.45) is 10.2 Å². The number of hydrogen-bond acceptors (Lipinski definition) is 6. The molecule has 0 radical (unpaired) electrons. The molecule has 0 unspecified atom stereocenters. The molecule has 22 heavy (non-hydrogen) atoms. The number of aliphatic hydroxyl groups is 1. The van der Waals surface area contributed by atoms with Gasteiger partial charge in [-0.2, -0.15) is 0 Å². The van der Waals surface area contributed by atoms with E-state index in [9.17, 15) is 9.90 Å². The second kappa shape index (κ2) is 6.06. The van der Waals surface area contributed by atoms with Crippen LogP contribution in [0.4, 0.5) is 11.4 Å². The quantitative estimate of drug-likeness (QED) is 0.849. The van der Waals surface area contributed by atoms with Gasteiger partial charge in [-0.3, -0.25) is 4.79 Å². The molecule has 1 aliphatic rings. The Morgan fingerprint density at radius 3 is 2.55 bits per heavy atom. The summed E-state index contributed by atoms with van der Waals surface area (Å²) >= 11 is 0. The average molecular weight is 296 g/mol. The van der Waals surface area contributed by atoms with E-state index in [4.69, 9.17) is 4.84 Å². The zero-order valence-electron chi connectivity index (χ0n) is 11.4. The number of carbonyl (C=O) groups excluding carboxylic acids is 1. The van der Waals surface area contributed by atoms with Gasteiger partial charge in [0.25, 0.3) is 5.91 Å². The first-order valence-electron chi connectivity index (χ1n) is 6.47. The van der Waals surface area contributed by atoms with Crippen molar-refractivity contribution in [3.8, 4) is 0 Å². The molecule has 1 heterocycles. The number of aliphatic hydroxyl groups excluding tert-OH is 1. The fourth-order valence-corrected chi connectivity index (χ4v) is 1.89. The van der Waals surface area contributed by atoms with Gasteiger partial charge in [0.05, 0.1) is 16.9 Å².